The molecule has 0 saturated carbocycles. The summed E-state index contributed by atoms with van der Waals surface area (Å²) in [7, 11) is 0. The Bertz CT molecular complexity index is 568. The first kappa shape index (κ1) is 29.8. The van der Waals surface area contributed by atoms with Crippen molar-refractivity contribution in [1.29, 1.82) is 0 Å². The molecule has 0 aliphatic heterocycles. The Labute approximate surface area is 191 Å². The van der Waals surface area contributed by atoms with E-state index in [0.717, 1.165) is 51.4 Å². The summed E-state index contributed by atoms with van der Waals surface area (Å²) in [5.41, 5.74) is 4.82. The van der Waals surface area contributed by atoms with Crippen molar-refractivity contribution in [1.82, 2.24) is 0 Å². The van der Waals surface area contributed by atoms with Gasteiger partial charge in [-0.2, -0.15) is 0 Å². The monoisotopic (exact) mass is 436 g/mol. The molecular formula is C27H48O4. The molecule has 0 saturated heterocycles. The average Bonchev–Trinajstić information content (AvgIpc) is 2.73. The Balaban J connectivity index is 3.99. The summed E-state index contributed by atoms with van der Waals surface area (Å²) >= 11 is 0. The molecule has 0 aliphatic rings. The fraction of sp³-hybridized carbons (Fsp3) is 0.704. The highest BCUT2D eigenvalue weighted by Gasteiger charge is 2.28. The first-order chi connectivity index (χ1) is 14.8. The minimum Gasteiger partial charge on any atom is -0.396 e. The number of rotatable bonds is 18. The van der Waals surface area contributed by atoms with Crippen molar-refractivity contribution in [3.8, 4) is 0 Å². The summed E-state index contributed by atoms with van der Waals surface area (Å²) in [6.07, 6.45) is 17.9. The number of hydrogen-bond acceptors (Lipinski definition) is 4. The highest BCUT2D eigenvalue weighted by molar-refractivity contribution is 5.07. The van der Waals surface area contributed by atoms with Crippen molar-refractivity contribution >= 4 is 0 Å². The zero-order valence-corrected chi connectivity index (χ0v) is 20.8. The maximum atomic E-state index is 9.27. The molecule has 31 heavy (non-hydrogen) atoms. The van der Waals surface area contributed by atoms with E-state index in [1.165, 1.54) is 22.3 Å². The molecule has 3 N–H and O–H groups in total. The Hall–Kier alpha value is -1.20. The molecule has 0 unspecified atom stereocenters. The fourth-order valence-electron chi connectivity index (χ4n) is 3.10. The SMILES string of the molecule is CC(C)=CCC/C(C)=C/CC/C(C)=C/CC/C(C)=C/CCCOCC(CO)(CO)CO. The second-order valence-corrected chi connectivity index (χ2v) is 9.22. The van der Waals surface area contributed by atoms with E-state index < -0.39 is 5.41 Å². The predicted molar refractivity (Wildman–Crippen MR) is 132 cm³/mol. The second kappa shape index (κ2) is 18.4. The molecule has 4 nitrogen and oxygen atoms in total. The first-order valence-corrected chi connectivity index (χ1v) is 11.8. The van der Waals surface area contributed by atoms with Crippen LogP contribution in [0.3, 0.4) is 0 Å². The van der Waals surface area contributed by atoms with Crippen LogP contribution >= 0.6 is 0 Å². The highest BCUT2D eigenvalue weighted by Crippen LogP contribution is 2.16. The quantitative estimate of drug-likeness (QED) is 0.185. The van der Waals surface area contributed by atoms with Gasteiger partial charge in [0.05, 0.1) is 31.8 Å². The van der Waals surface area contributed by atoms with Crippen molar-refractivity contribution in [3.05, 3.63) is 46.6 Å². The normalized spacial score (nSPS) is 13.6. The molecule has 0 aromatic heterocycles. The number of ether oxygens (including phenoxy) is 1. The fourth-order valence-corrected chi connectivity index (χ4v) is 3.10. The van der Waals surface area contributed by atoms with Gasteiger partial charge in [0.25, 0.3) is 0 Å². The summed E-state index contributed by atoms with van der Waals surface area (Å²) in [6.45, 7) is 10.8. The summed E-state index contributed by atoms with van der Waals surface area (Å²) in [5.74, 6) is 0. The van der Waals surface area contributed by atoms with Gasteiger partial charge in [-0.05, 0) is 86.0 Å². The lowest BCUT2D eigenvalue weighted by Crippen LogP contribution is -2.38. The lowest BCUT2D eigenvalue weighted by molar-refractivity contribution is -0.0579. The molecule has 0 aliphatic carbocycles. The summed E-state index contributed by atoms with van der Waals surface area (Å²) in [5, 5.41) is 27.8. The first-order valence-electron chi connectivity index (χ1n) is 11.8. The van der Waals surface area contributed by atoms with E-state index in [4.69, 9.17) is 4.74 Å². The molecule has 0 heterocycles. The molecule has 0 amide bonds. The zero-order valence-electron chi connectivity index (χ0n) is 20.8. The van der Waals surface area contributed by atoms with Gasteiger partial charge in [0.2, 0.25) is 0 Å². The number of aliphatic hydroxyl groups is 3. The molecule has 0 atom stereocenters. The summed E-state index contributed by atoms with van der Waals surface area (Å²) < 4.78 is 5.53. The van der Waals surface area contributed by atoms with E-state index in [2.05, 4.69) is 58.9 Å². The average molecular weight is 437 g/mol. The minimum atomic E-state index is -0.935. The minimum absolute atomic E-state index is 0.174. The van der Waals surface area contributed by atoms with E-state index in [0.29, 0.717) is 6.61 Å². The second-order valence-electron chi connectivity index (χ2n) is 9.22. The highest BCUT2D eigenvalue weighted by atomic mass is 16.5. The van der Waals surface area contributed by atoms with Crippen LogP contribution in [0, 0.1) is 5.41 Å². The molecule has 4 heteroatoms. The van der Waals surface area contributed by atoms with Crippen LogP contribution < -0.4 is 0 Å². The Morgan fingerprint density at radius 1 is 0.645 bits per heavy atom. The lowest BCUT2D eigenvalue weighted by Gasteiger charge is -2.26. The molecule has 0 spiro atoms. The van der Waals surface area contributed by atoms with Gasteiger partial charge in [-0.3, -0.25) is 0 Å². The summed E-state index contributed by atoms with van der Waals surface area (Å²) in [4.78, 5) is 0. The largest absolute Gasteiger partial charge is 0.396 e. The molecule has 0 bridgehead atoms. The van der Waals surface area contributed by atoms with Gasteiger partial charge < -0.3 is 20.1 Å². The molecule has 0 fully saturated rings. The van der Waals surface area contributed by atoms with Crippen LogP contribution in [0.2, 0.25) is 0 Å². The third-order valence-electron chi connectivity index (χ3n) is 5.55. The number of aliphatic hydroxyl groups excluding tert-OH is 3. The van der Waals surface area contributed by atoms with E-state index in [9.17, 15) is 15.3 Å². The molecule has 0 rings (SSSR count). The van der Waals surface area contributed by atoms with Crippen LogP contribution in [-0.2, 0) is 4.74 Å². The third kappa shape index (κ3) is 16.1. The van der Waals surface area contributed by atoms with Crippen LogP contribution in [0.15, 0.2) is 46.6 Å². The van der Waals surface area contributed by atoms with Crippen LogP contribution in [0.1, 0.15) is 86.0 Å². The van der Waals surface area contributed by atoms with Crippen LogP contribution in [0.5, 0.6) is 0 Å². The van der Waals surface area contributed by atoms with Crippen LogP contribution in [0.25, 0.3) is 0 Å². The molecule has 0 radical (unpaired) electrons. The maximum absolute atomic E-state index is 9.27. The predicted octanol–water partition coefficient (Wildman–Crippen LogP) is 5.89. The Kier molecular flexibility index (Phi) is 17.7. The van der Waals surface area contributed by atoms with Gasteiger partial charge >= 0.3 is 0 Å². The van der Waals surface area contributed by atoms with Crippen molar-refractivity contribution in [3.63, 3.8) is 0 Å². The van der Waals surface area contributed by atoms with Gasteiger partial charge in [0, 0.05) is 6.61 Å². The standard InChI is InChI=1S/C27H48O4/c1-23(2)11-8-13-25(4)15-10-17-26(5)16-9-14-24(3)12-6-7-18-31-22-27(19-28,20-29)21-30/h11-12,15-16,28-30H,6-10,13-14,17-22H2,1-5H3/b24-12+,25-15+,26-16+. The third-order valence-corrected chi connectivity index (χ3v) is 5.55. The van der Waals surface area contributed by atoms with Crippen molar-refractivity contribution in [2.24, 2.45) is 5.41 Å². The lowest BCUT2D eigenvalue weighted by atomic mass is 9.93. The Morgan fingerprint density at radius 3 is 1.48 bits per heavy atom. The van der Waals surface area contributed by atoms with Gasteiger partial charge in [-0.15, -0.1) is 0 Å². The van der Waals surface area contributed by atoms with Gasteiger partial charge in [0.15, 0.2) is 0 Å². The van der Waals surface area contributed by atoms with Crippen LogP contribution in [-0.4, -0.2) is 48.4 Å². The topological polar surface area (TPSA) is 69.9 Å². The zero-order chi connectivity index (χ0) is 23.5. The van der Waals surface area contributed by atoms with Gasteiger partial charge in [0.1, 0.15) is 0 Å². The summed E-state index contributed by atoms with van der Waals surface area (Å²) in [6, 6.07) is 0. The van der Waals surface area contributed by atoms with E-state index in [1.54, 1.807) is 0 Å². The Morgan fingerprint density at radius 2 is 1.06 bits per heavy atom. The van der Waals surface area contributed by atoms with Crippen LogP contribution in [0.4, 0.5) is 0 Å². The number of allylic oxidation sites excluding steroid dienone is 8. The van der Waals surface area contributed by atoms with Gasteiger partial charge in [-0.25, -0.2) is 0 Å². The smallest absolute Gasteiger partial charge is 0.0629 e. The van der Waals surface area contributed by atoms with E-state index >= 15 is 0 Å². The molecule has 0 aromatic carbocycles. The van der Waals surface area contributed by atoms with E-state index in [1.807, 2.05) is 0 Å². The molecular weight excluding hydrogens is 388 g/mol. The maximum Gasteiger partial charge on any atom is 0.0629 e. The van der Waals surface area contributed by atoms with Gasteiger partial charge in [-0.1, -0.05) is 46.6 Å². The molecule has 0 aromatic rings. The number of unbranched alkanes of at least 4 members (excludes halogenated alkanes) is 1. The number of hydrogen-bond donors (Lipinski definition) is 3. The van der Waals surface area contributed by atoms with E-state index in [-0.39, 0.29) is 26.4 Å². The van der Waals surface area contributed by atoms with Crippen molar-refractivity contribution in [2.45, 2.75) is 86.0 Å². The van der Waals surface area contributed by atoms with Crippen molar-refractivity contribution in [2.75, 3.05) is 33.0 Å². The van der Waals surface area contributed by atoms with Crippen molar-refractivity contribution < 1.29 is 20.1 Å². The molecule has 180 valence electrons.